The third-order valence-corrected chi connectivity index (χ3v) is 5.02. The molecule has 2 heterocycles. The molecule has 2 aromatic heterocycles. The minimum absolute atomic E-state index is 0.0308. The summed E-state index contributed by atoms with van der Waals surface area (Å²) in [6, 6.07) is 5.70. The molecule has 0 bridgehead atoms. The van der Waals surface area contributed by atoms with Crippen molar-refractivity contribution < 1.29 is 9.18 Å². The van der Waals surface area contributed by atoms with E-state index >= 15 is 0 Å². The predicted octanol–water partition coefficient (Wildman–Crippen LogP) is 2.84. The van der Waals surface area contributed by atoms with Gasteiger partial charge in [0.15, 0.2) is 5.82 Å². The van der Waals surface area contributed by atoms with E-state index in [1.165, 1.54) is 23.5 Å². The van der Waals surface area contributed by atoms with Crippen LogP contribution in [0.15, 0.2) is 34.1 Å². The second-order valence-electron chi connectivity index (χ2n) is 5.37. The zero-order valence-electron chi connectivity index (χ0n) is 13.6. The average Bonchev–Trinajstić information content (AvgIpc) is 3.01. The van der Waals surface area contributed by atoms with Gasteiger partial charge in [-0.1, -0.05) is 0 Å². The van der Waals surface area contributed by atoms with Gasteiger partial charge in [0, 0.05) is 10.9 Å². The lowest BCUT2D eigenvalue weighted by Crippen LogP contribution is -2.39. The van der Waals surface area contributed by atoms with Crippen LogP contribution in [0, 0.1) is 12.7 Å². The smallest absolute Gasteiger partial charge is 0.248 e. The van der Waals surface area contributed by atoms with Crippen LogP contribution in [0.3, 0.4) is 0 Å². The summed E-state index contributed by atoms with van der Waals surface area (Å²) in [5.41, 5.74) is 7.40. The van der Waals surface area contributed by atoms with E-state index in [1.807, 2.05) is 6.92 Å². The number of nitrogen functional groups attached to an aromatic ring is 1. The molecule has 4 N–H and O–H groups in total. The summed E-state index contributed by atoms with van der Waals surface area (Å²) >= 11 is 4.82. The lowest BCUT2D eigenvalue weighted by atomic mass is 10.1. The molecule has 3 aromatic rings. The van der Waals surface area contributed by atoms with Gasteiger partial charge in [-0.25, -0.2) is 25.2 Å². The Morgan fingerprint density at radius 2 is 1.96 bits per heavy atom. The Balaban J connectivity index is 1.94. The Morgan fingerprint density at radius 1 is 1.27 bits per heavy atom. The number of nitrogens with two attached hydrogens (primary N) is 2. The van der Waals surface area contributed by atoms with Gasteiger partial charge >= 0.3 is 0 Å². The summed E-state index contributed by atoms with van der Waals surface area (Å²) in [6.45, 7) is 1.86. The first-order chi connectivity index (χ1) is 12.3. The van der Waals surface area contributed by atoms with E-state index in [0.29, 0.717) is 21.4 Å². The lowest BCUT2D eigenvalue weighted by Gasteiger charge is -2.18. The maximum absolute atomic E-state index is 13.2. The molecule has 0 saturated heterocycles. The Bertz CT molecular complexity index is 962. The van der Waals surface area contributed by atoms with Crippen molar-refractivity contribution in [1.29, 1.82) is 0 Å². The van der Waals surface area contributed by atoms with Gasteiger partial charge in [-0.3, -0.25) is 4.79 Å². The summed E-state index contributed by atoms with van der Waals surface area (Å²) in [6.07, 6.45) is 0.0308. The Hall–Kier alpha value is -2.43. The number of aromatic nitrogens is 3. The number of rotatable bonds is 4. The van der Waals surface area contributed by atoms with E-state index in [-0.39, 0.29) is 24.0 Å². The van der Waals surface area contributed by atoms with Gasteiger partial charge in [0.05, 0.1) is 27.3 Å². The average molecular weight is 437 g/mol. The molecule has 134 valence electrons. The third-order valence-electron chi connectivity index (χ3n) is 3.46. The SMILES string of the molecule is Cc1nc(CC(=O)N(N)c2nc(N)nc(-c3ccc(F)cc3)c2Br)cs1. The molecule has 0 saturated carbocycles. The van der Waals surface area contributed by atoms with Crippen LogP contribution in [0.4, 0.5) is 16.2 Å². The Kier molecular flexibility index (Phi) is 5.25. The molecule has 3 rings (SSSR count). The highest BCUT2D eigenvalue weighted by molar-refractivity contribution is 9.10. The number of hydrogen-bond acceptors (Lipinski definition) is 7. The summed E-state index contributed by atoms with van der Waals surface area (Å²) < 4.78 is 13.5. The molecule has 26 heavy (non-hydrogen) atoms. The van der Waals surface area contributed by atoms with Gasteiger partial charge in [0.25, 0.3) is 0 Å². The van der Waals surface area contributed by atoms with Crippen molar-refractivity contribution >= 4 is 44.9 Å². The highest BCUT2D eigenvalue weighted by Crippen LogP contribution is 2.33. The normalized spacial score (nSPS) is 10.8. The molecule has 10 heteroatoms. The second-order valence-corrected chi connectivity index (χ2v) is 7.23. The fraction of sp³-hybridized carbons (Fsp3) is 0.125. The molecule has 0 atom stereocenters. The van der Waals surface area contributed by atoms with Gasteiger partial charge in [-0.05, 0) is 47.1 Å². The molecule has 0 radical (unpaired) electrons. The number of anilines is 2. The van der Waals surface area contributed by atoms with Crippen LogP contribution in [0.25, 0.3) is 11.3 Å². The van der Waals surface area contributed by atoms with E-state index in [0.717, 1.165) is 10.0 Å². The number of nitrogens with zero attached hydrogens (tertiary/aromatic N) is 4. The second kappa shape index (κ2) is 7.44. The van der Waals surface area contributed by atoms with Crippen molar-refractivity contribution in [2.24, 2.45) is 5.84 Å². The topological polar surface area (TPSA) is 111 Å². The molecule has 7 nitrogen and oxygen atoms in total. The maximum Gasteiger partial charge on any atom is 0.248 e. The number of amides is 1. The number of benzene rings is 1. The fourth-order valence-corrected chi connectivity index (χ4v) is 3.47. The van der Waals surface area contributed by atoms with E-state index < -0.39 is 5.91 Å². The summed E-state index contributed by atoms with van der Waals surface area (Å²) in [5.74, 6) is 5.24. The molecule has 1 aromatic carbocycles. The Morgan fingerprint density at radius 3 is 2.58 bits per heavy atom. The highest BCUT2D eigenvalue weighted by Gasteiger charge is 2.22. The number of carbonyl (C=O) groups is 1. The zero-order chi connectivity index (χ0) is 18.8. The first-order valence-corrected chi connectivity index (χ1v) is 9.10. The van der Waals surface area contributed by atoms with Crippen molar-refractivity contribution in [1.82, 2.24) is 15.0 Å². The van der Waals surface area contributed by atoms with Crippen LogP contribution in [-0.2, 0) is 11.2 Å². The number of carbonyl (C=O) groups excluding carboxylic acids is 1. The van der Waals surface area contributed by atoms with Crippen molar-refractivity contribution in [3.8, 4) is 11.3 Å². The van der Waals surface area contributed by atoms with Crippen LogP contribution < -0.4 is 16.6 Å². The van der Waals surface area contributed by atoms with Crippen LogP contribution in [-0.4, -0.2) is 20.9 Å². The first kappa shape index (κ1) is 18.4. The molecule has 0 aliphatic rings. The molecule has 0 unspecified atom stereocenters. The monoisotopic (exact) mass is 436 g/mol. The lowest BCUT2D eigenvalue weighted by molar-refractivity contribution is -0.118. The number of thiazole rings is 1. The molecule has 0 aliphatic heterocycles. The van der Waals surface area contributed by atoms with E-state index in [4.69, 9.17) is 11.6 Å². The summed E-state index contributed by atoms with van der Waals surface area (Å²) in [7, 11) is 0. The van der Waals surface area contributed by atoms with E-state index in [9.17, 15) is 9.18 Å². The first-order valence-electron chi connectivity index (χ1n) is 7.42. The molecular formula is C16H14BrFN6OS. The van der Waals surface area contributed by atoms with Crippen molar-refractivity contribution in [3.05, 3.63) is 50.6 Å². The van der Waals surface area contributed by atoms with Gasteiger partial charge in [-0.15, -0.1) is 11.3 Å². The van der Waals surface area contributed by atoms with Crippen molar-refractivity contribution in [2.75, 3.05) is 10.7 Å². The van der Waals surface area contributed by atoms with Crippen LogP contribution in [0.1, 0.15) is 10.7 Å². The van der Waals surface area contributed by atoms with Crippen molar-refractivity contribution in [2.45, 2.75) is 13.3 Å². The number of hydrazine groups is 1. The van der Waals surface area contributed by atoms with Crippen LogP contribution >= 0.6 is 27.3 Å². The molecule has 0 aliphatic carbocycles. The van der Waals surface area contributed by atoms with Gasteiger partial charge in [-0.2, -0.15) is 4.98 Å². The predicted molar refractivity (Wildman–Crippen MR) is 102 cm³/mol. The molecule has 1 amide bonds. The minimum atomic E-state index is -0.404. The zero-order valence-corrected chi connectivity index (χ0v) is 16.0. The van der Waals surface area contributed by atoms with Crippen LogP contribution in [0.2, 0.25) is 0 Å². The van der Waals surface area contributed by atoms with Gasteiger partial charge in [0.1, 0.15) is 5.82 Å². The Labute approximate surface area is 161 Å². The van der Waals surface area contributed by atoms with Gasteiger partial charge < -0.3 is 5.73 Å². The van der Waals surface area contributed by atoms with Crippen LogP contribution in [0.5, 0.6) is 0 Å². The summed E-state index contributed by atoms with van der Waals surface area (Å²) in [4.78, 5) is 24.9. The van der Waals surface area contributed by atoms with Crippen molar-refractivity contribution in [3.63, 3.8) is 0 Å². The number of halogens is 2. The molecular weight excluding hydrogens is 423 g/mol. The minimum Gasteiger partial charge on any atom is -0.368 e. The van der Waals surface area contributed by atoms with E-state index in [2.05, 4.69) is 30.9 Å². The standard InChI is InChI=1S/C16H14BrFN6OS/c1-8-21-11(7-26-8)6-12(25)24(20)15-13(17)14(22-16(19)23-15)9-2-4-10(18)5-3-9/h2-5,7H,6,20H2,1H3,(H2,19,22,23). The largest absolute Gasteiger partial charge is 0.368 e. The number of hydrogen-bond donors (Lipinski definition) is 2. The maximum atomic E-state index is 13.2. The van der Waals surface area contributed by atoms with E-state index in [1.54, 1.807) is 17.5 Å². The fourth-order valence-electron chi connectivity index (χ4n) is 2.26. The number of aryl methyl sites for hydroxylation is 1. The molecule has 0 fully saturated rings. The summed E-state index contributed by atoms with van der Waals surface area (Å²) in [5, 5.41) is 3.57. The highest BCUT2D eigenvalue weighted by atomic mass is 79.9. The van der Waals surface area contributed by atoms with Gasteiger partial charge in [0.2, 0.25) is 11.9 Å². The quantitative estimate of drug-likeness (QED) is 0.369. The molecule has 0 spiro atoms. The third kappa shape index (κ3) is 3.87.